The molecule has 2 nitrogen and oxygen atoms in total. The van der Waals surface area contributed by atoms with Crippen molar-refractivity contribution in [2.75, 3.05) is 6.26 Å². The Morgan fingerprint density at radius 2 is 2.00 bits per heavy atom. The van der Waals surface area contributed by atoms with Crippen LogP contribution < -0.4 is 0 Å². The lowest BCUT2D eigenvalue weighted by Gasteiger charge is -2.04. The summed E-state index contributed by atoms with van der Waals surface area (Å²) in [6.07, 6.45) is 5.51. The van der Waals surface area contributed by atoms with Gasteiger partial charge in [0.1, 0.15) is 0 Å². The maximum atomic E-state index is 12.1. The van der Waals surface area contributed by atoms with Crippen LogP contribution in [0.5, 0.6) is 0 Å². The summed E-state index contributed by atoms with van der Waals surface area (Å²) in [7, 11) is 0. The molecule has 92 valence electrons. The summed E-state index contributed by atoms with van der Waals surface area (Å²) < 4.78 is 0. The number of Topliss-reactive ketones (excluding diaryl/α,β-unsaturated/α-hetero) is 1. The zero-order chi connectivity index (χ0) is 13.0. The van der Waals surface area contributed by atoms with Gasteiger partial charge in [-0.2, -0.15) is 0 Å². The molecule has 0 fully saturated rings. The number of ketones is 1. The van der Waals surface area contributed by atoms with E-state index < -0.39 is 0 Å². The first-order chi connectivity index (χ1) is 8.70. The number of aromatic nitrogens is 1. The van der Waals surface area contributed by atoms with Gasteiger partial charge in [0.05, 0.1) is 5.02 Å². The third-order valence-corrected chi connectivity index (χ3v) is 3.70. The van der Waals surface area contributed by atoms with Crippen LogP contribution in [0.2, 0.25) is 5.02 Å². The fourth-order valence-electron chi connectivity index (χ4n) is 1.60. The van der Waals surface area contributed by atoms with Crippen LogP contribution in [0.3, 0.4) is 0 Å². The number of carbonyl (C=O) groups excluding carboxylic acids is 1. The maximum absolute atomic E-state index is 12.1. The van der Waals surface area contributed by atoms with Crippen LogP contribution in [0.25, 0.3) is 0 Å². The van der Waals surface area contributed by atoms with Crippen molar-refractivity contribution in [3.63, 3.8) is 0 Å². The van der Waals surface area contributed by atoms with Gasteiger partial charge in [-0.15, -0.1) is 11.8 Å². The Balaban J connectivity index is 2.14. The zero-order valence-electron chi connectivity index (χ0n) is 9.89. The lowest BCUT2D eigenvalue weighted by molar-refractivity contribution is 0.0993. The van der Waals surface area contributed by atoms with Gasteiger partial charge < -0.3 is 0 Å². The third kappa shape index (κ3) is 3.12. The Labute approximate surface area is 115 Å². The predicted molar refractivity (Wildman–Crippen MR) is 75.5 cm³/mol. The van der Waals surface area contributed by atoms with Crippen LogP contribution in [0.4, 0.5) is 0 Å². The van der Waals surface area contributed by atoms with E-state index >= 15 is 0 Å². The van der Waals surface area contributed by atoms with Gasteiger partial charge >= 0.3 is 0 Å². The quantitative estimate of drug-likeness (QED) is 0.627. The molecule has 0 amide bonds. The summed E-state index contributed by atoms with van der Waals surface area (Å²) >= 11 is 7.64. The molecule has 1 aromatic heterocycles. The second kappa shape index (κ2) is 6.03. The third-order valence-electron chi connectivity index (χ3n) is 2.62. The first-order valence-corrected chi connectivity index (χ1v) is 7.06. The minimum Gasteiger partial charge on any atom is -0.294 e. The Kier molecular flexibility index (Phi) is 4.39. The highest BCUT2D eigenvalue weighted by Gasteiger charge is 2.09. The largest absolute Gasteiger partial charge is 0.294 e. The monoisotopic (exact) mass is 277 g/mol. The fourth-order valence-corrected chi connectivity index (χ4v) is 2.19. The average Bonchev–Trinajstić information content (AvgIpc) is 2.41. The van der Waals surface area contributed by atoms with Crippen LogP contribution in [-0.2, 0) is 6.42 Å². The van der Waals surface area contributed by atoms with E-state index in [4.69, 9.17) is 11.6 Å². The molecular formula is C14H12ClNOS. The molecule has 0 radical (unpaired) electrons. The average molecular weight is 278 g/mol. The number of hydrogen-bond donors (Lipinski definition) is 0. The van der Waals surface area contributed by atoms with Crippen LogP contribution in [0.1, 0.15) is 15.9 Å². The minimum atomic E-state index is 0.0655. The van der Waals surface area contributed by atoms with E-state index in [1.54, 1.807) is 30.2 Å². The number of carbonyl (C=O) groups is 1. The van der Waals surface area contributed by atoms with Gasteiger partial charge in [-0.1, -0.05) is 23.7 Å². The van der Waals surface area contributed by atoms with Crippen LogP contribution in [0, 0.1) is 0 Å². The molecule has 0 spiro atoms. The van der Waals surface area contributed by atoms with Crippen molar-refractivity contribution in [2.45, 2.75) is 11.3 Å². The SMILES string of the molecule is CSc1ccc(C(=O)Cc2ccncc2Cl)cc1. The summed E-state index contributed by atoms with van der Waals surface area (Å²) in [5.41, 5.74) is 1.52. The highest BCUT2D eigenvalue weighted by Crippen LogP contribution is 2.18. The highest BCUT2D eigenvalue weighted by molar-refractivity contribution is 7.98. The van der Waals surface area contributed by atoms with E-state index in [1.807, 2.05) is 30.5 Å². The number of rotatable bonds is 4. The van der Waals surface area contributed by atoms with Crippen LogP contribution in [0.15, 0.2) is 47.6 Å². The summed E-state index contributed by atoms with van der Waals surface area (Å²) in [4.78, 5) is 17.1. The molecule has 0 saturated carbocycles. The number of halogens is 1. The molecule has 0 aliphatic rings. The van der Waals surface area contributed by atoms with E-state index in [9.17, 15) is 4.79 Å². The van der Waals surface area contributed by atoms with Crippen molar-refractivity contribution in [2.24, 2.45) is 0 Å². The maximum Gasteiger partial charge on any atom is 0.167 e. The Bertz CT molecular complexity index is 554. The molecule has 0 unspecified atom stereocenters. The number of hydrogen-bond acceptors (Lipinski definition) is 3. The van der Waals surface area contributed by atoms with Gasteiger partial charge in [-0.05, 0) is 30.0 Å². The molecule has 0 saturated heterocycles. The van der Waals surface area contributed by atoms with E-state index in [2.05, 4.69) is 4.98 Å². The van der Waals surface area contributed by atoms with Crippen molar-refractivity contribution in [3.8, 4) is 0 Å². The molecule has 4 heteroatoms. The molecule has 0 N–H and O–H groups in total. The van der Waals surface area contributed by atoms with E-state index in [-0.39, 0.29) is 5.78 Å². The van der Waals surface area contributed by atoms with Crippen molar-refractivity contribution >= 4 is 29.1 Å². The van der Waals surface area contributed by atoms with Gasteiger partial charge in [-0.3, -0.25) is 9.78 Å². The number of nitrogens with zero attached hydrogens (tertiary/aromatic N) is 1. The lowest BCUT2D eigenvalue weighted by Crippen LogP contribution is -2.04. The topological polar surface area (TPSA) is 30.0 Å². The summed E-state index contributed by atoms with van der Waals surface area (Å²) in [6, 6.07) is 9.38. The van der Waals surface area contributed by atoms with Gasteiger partial charge in [0.2, 0.25) is 0 Å². The smallest absolute Gasteiger partial charge is 0.167 e. The molecule has 1 heterocycles. The van der Waals surface area contributed by atoms with Gasteiger partial charge in [0, 0.05) is 29.3 Å². The molecule has 18 heavy (non-hydrogen) atoms. The van der Waals surface area contributed by atoms with E-state index in [1.165, 1.54) is 0 Å². The second-order valence-corrected chi connectivity index (χ2v) is 5.08. The zero-order valence-corrected chi connectivity index (χ0v) is 11.5. The summed E-state index contributed by atoms with van der Waals surface area (Å²) in [5.74, 6) is 0.0655. The number of pyridine rings is 1. The molecule has 1 aromatic carbocycles. The number of thioether (sulfide) groups is 1. The van der Waals surface area contributed by atoms with Crippen molar-refractivity contribution in [1.29, 1.82) is 0 Å². The Morgan fingerprint density at radius 1 is 1.28 bits per heavy atom. The van der Waals surface area contributed by atoms with Crippen molar-refractivity contribution in [1.82, 2.24) is 4.98 Å². The second-order valence-electron chi connectivity index (χ2n) is 3.80. The molecule has 0 aliphatic carbocycles. The normalized spacial score (nSPS) is 10.3. The van der Waals surface area contributed by atoms with Gasteiger partial charge in [-0.25, -0.2) is 0 Å². The lowest BCUT2D eigenvalue weighted by atomic mass is 10.0. The number of benzene rings is 1. The van der Waals surface area contributed by atoms with Crippen molar-refractivity contribution < 1.29 is 4.79 Å². The minimum absolute atomic E-state index is 0.0655. The molecule has 0 aliphatic heterocycles. The molecule has 0 bridgehead atoms. The fraction of sp³-hybridized carbons (Fsp3) is 0.143. The Hall–Kier alpha value is -1.32. The molecule has 0 atom stereocenters. The molecule has 2 rings (SSSR count). The van der Waals surface area contributed by atoms with Crippen LogP contribution in [-0.4, -0.2) is 17.0 Å². The first kappa shape index (κ1) is 13.1. The Morgan fingerprint density at radius 3 is 2.61 bits per heavy atom. The van der Waals surface area contributed by atoms with E-state index in [0.29, 0.717) is 17.0 Å². The standard InChI is InChI=1S/C14H12ClNOS/c1-18-12-4-2-10(3-5-12)14(17)8-11-6-7-16-9-13(11)15/h2-7,9H,8H2,1H3. The summed E-state index contributed by atoms with van der Waals surface area (Å²) in [6.45, 7) is 0. The molecular weight excluding hydrogens is 266 g/mol. The molecule has 2 aromatic rings. The predicted octanol–water partition coefficient (Wildman–Crippen LogP) is 3.88. The van der Waals surface area contributed by atoms with Gasteiger partial charge in [0.25, 0.3) is 0 Å². The van der Waals surface area contributed by atoms with Crippen molar-refractivity contribution in [3.05, 3.63) is 58.9 Å². The van der Waals surface area contributed by atoms with Crippen LogP contribution >= 0.6 is 23.4 Å². The van der Waals surface area contributed by atoms with E-state index in [0.717, 1.165) is 10.5 Å². The first-order valence-electron chi connectivity index (χ1n) is 5.46. The highest BCUT2D eigenvalue weighted by atomic mass is 35.5. The summed E-state index contributed by atoms with van der Waals surface area (Å²) in [5, 5.41) is 0.534. The van der Waals surface area contributed by atoms with Gasteiger partial charge in [0.15, 0.2) is 5.78 Å².